The fourth-order valence-electron chi connectivity index (χ4n) is 2.74. The summed E-state index contributed by atoms with van der Waals surface area (Å²) in [5.74, 6) is 1.21. The van der Waals surface area contributed by atoms with Gasteiger partial charge in [0.25, 0.3) is 5.91 Å². The van der Waals surface area contributed by atoms with Crippen LogP contribution in [-0.4, -0.2) is 47.1 Å². The van der Waals surface area contributed by atoms with Crippen LogP contribution in [0.25, 0.3) is 11.4 Å². The van der Waals surface area contributed by atoms with E-state index in [1.807, 2.05) is 29.2 Å². The Bertz CT molecular complexity index is 718. The molecule has 0 spiro atoms. The minimum absolute atomic E-state index is 0. The summed E-state index contributed by atoms with van der Waals surface area (Å²) in [6.07, 6.45) is 0.722. The van der Waals surface area contributed by atoms with Crippen molar-refractivity contribution in [3.05, 3.63) is 35.7 Å². The third-order valence-corrected chi connectivity index (χ3v) is 3.92. The average molecular weight is 365 g/mol. The van der Waals surface area contributed by atoms with E-state index in [4.69, 9.17) is 4.52 Å². The van der Waals surface area contributed by atoms with Crippen molar-refractivity contribution in [1.29, 1.82) is 0 Å². The highest BCUT2D eigenvalue weighted by molar-refractivity contribution is 5.95. The molecular weight excluding hydrogens is 340 g/mol. The number of amides is 1. The van der Waals surface area contributed by atoms with Gasteiger partial charge in [0.15, 0.2) is 0 Å². The van der Waals surface area contributed by atoms with Gasteiger partial charge in [-0.3, -0.25) is 4.79 Å². The third kappa shape index (κ3) is 5.03. The molecule has 2 aromatic rings. The van der Waals surface area contributed by atoms with E-state index in [0.717, 1.165) is 38.2 Å². The van der Waals surface area contributed by atoms with Crippen molar-refractivity contribution in [3.63, 3.8) is 0 Å². The van der Waals surface area contributed by atoms with E-state index in [2.05, 4.69) is 36.2 Å². The topological polar surface area (TPSA) is 71.3 Å². The molecule has 136 valence electrons. The van der Waals surface area contributed by atoms with E-state index >= 15 is 0 Å². The predicted octanol–water partition coefficient (Wildman–Crippen LogP) is 2.79. The summed E-state index contributed by atoms with van der Waals surface area (Å²) in [6.45, 7) is 9.54. The van der Waals surface area contributed by atoms with E-state index in [1.165, 1.54) is 0 Å². The first-order valence-corrected chi connectivity index (χ1v) is 8.35. The Kier molecular flexibility index (Phi) is 6.19. The van der Waals surface area contributed by atoms with E-state index in [9.17, 15) is 4.79 Å². The first-order chi connectivity index (χ1) is 11.4. The lowest BCUT2D eigenvalue weighted by molar-refractivity contribution is 0.0736. The van der Waals surface area contributed by atoms with Gasteiger partial charge in [-0.15, -0.1) is 12.4 Å². The molecule has 0 radical (unpaired) electrons. The standard InChI is InChI=1S/C18H24N4O2.ClH/c1-18(2,3)12-15-20-16(21-24-15)13-5-4-6-14(11-13)17(23)22-9-7-19-8-10-22;/h4-6,11,19H,7-10,12H2,1-3H3;1H. The van der Waals surface area contributed by atoms with Crippen LogP contribution in [0.2, 0.25) is 0 Å². The molecule has 1 N–H and O–H groups in total. The predicted molar refractivity (Wildman–Crippen MR) is 98.9 cm³/mol. The second kappa shape index (κ2) is 7.97. The highest BCUT2D eigenvalue weighted by Gasteiger charge is 2.20. The number of carbonyl (C=O) groups excluding carboxylic acids is 1. The Balaban J connectivity index is 0.00000225. The average Bonchev–Trinajstić information content (AvgIpc) is 3.01. The number of nitrogens with zero attached hydrogens (tertiary/aromatic N) is 3. The Labute approximate surface area is 154 Å². The highest BCUT2D eigenvalue weighted by atomic mass is 35.5. The van der Waals surface area contributed by atoms with Crippen molar-refractivity contribution in [2.75, 3.05) is 26.2 Å². The summed E-state index contributed by atoms with van der Waals surface area (Å²) in [5.41, 5.74) is 1.56. The first-order valence-electron chi connectivity index (χ1n) is 8.35. The zero-order valence-corrected chi connectivity index (χ0v) is 15.7. The number of halogens is 1. The quantitative estimate of drug-likeness (QED) is 0.906. The Hall–Kier alpha value is -1.92. The van der Waals surface area contributed by atoms with Crippen LogP contribution in [0.4, 0.5) is 0 Å². The Morgan fingerprint density at radius 2 is 2.00 bits per heavy atom. The number of rotatable bonds is 3. The molecule has 7 heteroatoms. The molecule has 3 rings (SSSR count). The lowest BCUT2D eigenvalue weighted by Crippen LogP contribution is -2.46. The maximum atomic E-state index is 12.6. The summed E-state index contributed by atoms with van der Waals surface area (Å²) >= 11 is 0. The third-order valence-electron chi connectivity index (χ3n) is 3.92. The first kappa shape index (κ1) is 19.4. The van der Waals surface area contributed by atoms with Gasteiger partial charge in [-0.2, -0.15) is 4.98 Å². The van der Waals surface area contributed by atoms with Crippen LogP contribution >= 0.6 is 12.4 Å². The molecule has 25 heavy (non-hydrogen) atoms. The van der Waals surface area contributed by atoms with Crippen molar-refractivity contribution in [1.82, 2.24) is 20.4 Å². The molecule has 6 nitrogen and oxygen atoms in total. The summed E-state index contributed by atoms with van der Waals surface area (Å²) in [7, 11) is 0. The molecule has 1 aliphatic heterocycles. The van der Waals surface area contributed by atoms with Crippen LogP contribution in [0.15, 0.2) is 28.8 Å². The van der Waals surface area contributed by atoms with Gasteiger partial charge < -0.3 is 14.7 Å². The van der Waals surface area contributed by atoms with Gasteiger partial charge in [-0.25, -0.2) is 0 Å². The molecule has 1 aromatic heterocycles. The second-order valence-corrected chi connectivity index (χ2v) is 7.37. The molecule has 0 saturated carbocycles. The van der Waals surface area contributed by atoms with Crippen LogP contribution in [0.5, 0.6) is 0 Å². The molecule has 2 heterocycles. The Morgan fingerprint density at radius 1 is 1.28 bits per heavy atom. The normalized spacial score (nSPS) is 14.9. The minimum atomic E-state index is 0. The molecule has 0 aliphatic carbocycles. The van der Waals surface area contributed by atoms with Crippen molar-refractivity contribution in [2.24, 2.45) is 5.41 Å². The summed E-state index contributed by atoms with van der Waals surface area (Å²) in [5, 5.41) is 7.32. The number of piperazine rings is 1. The number of nitrogens with one attached hydrogen (secondary N) is 1. The number of aromatic nitrogens is 2. The molecule has 1 saturated heterocycles. The van der Waals surface area contributed by atoms with E-state index in [0.29, 0.717) is 17.3 Å². The van der Waals surface area contributed by atoms with Crippen LogP contribution in [0.1, 0.15) is 37.0 Å². The summed E-state index contributed by atoms with van der Waals surface area (Å²) < 4.78 is 5.35. The molecule has 1 fully saturated rings. The van der Waals surface area contributed by atoms with Gasteiger partial charge in [0.1, 0.15) is 0 Å². The number of hydrogen-bond acceptors (Lipinski definition) is 5. The maximum absolute atomic E-state index is 12.6. The van der Waals surface area contributed by atoms with Crippen LogP contribution in [-0.2, 0) is 6.42 Å². The Morgan fingerprint density at radius 3 is 2.68 bits per heavy atom. The number of carbonyl (C=O) groups is 1. The molecule has 0 atom stereocenters. The zero-order chi connectivity index (χ0) is 17.2. The molecular formula is C18H25ClN4O2. The fraction of sp³-hybridized carbons (Fsp3) is 0.500. The fourth-order valence-corrected chi connectivity index (χ4v) is 2.74. The highest BCUT2D eigenvalue weighted by Crippen LogP contribution is 2.23. The van der Waals surface area contributed by atoms with Gasteiger partial charge in [0.2, 0.25) is 11.7 Å². The zero-order valence-electron chi connectivity index (χ0n) is 14.9. The largest absolute Gasteiger partial charge is 0.339 e. The van der Waals surface area contributed by atoms with Crippen molar-refractivity contribution in [3.8, 4) is 11.4 Å². The molecule has 0 bridgehead atoms. The second-order valence-electron chi connectivity index (χ2n) is 7.37. The van der Waals surface area contributed by atoms with Gasteiger partial charge in [-0.1, -0.05) is 38.1 Å². The monoisotopic (exact) mass is 364 g/mol. The minimum Gasteiger partial charge on any atom is -0.339 e. The SMILES string of the molecule is CC(C)(C)Cc1nc(-c2cccc(C(=O)N3CCNCC3)c2)no1.Cl. The number of benzene rings is 1. The van der Waals surface area contributed by atoms with Gasteiger partial charge in [-0.05, 0) is 17.5 Å². The number of hydrogen-bond donors (Lipinski definition) is 1. The van der Waals surface area contributed by atoms with Crippen LogP contribution < -0.4 is 5.32 Å². The summed E-state index contributed by atoms with van der Waals surface area (Å²) in [6, 6.07) is 7.45. The van der Waals surface area contributed by atoms with Gasteiger partial charge in [0.05, 0.1) is 0 Å². The molecule has 1 amide bonds. The van der Waals surface area contributed by atoms with Crippen LogP contribution in [0, 0.1) is 5.41 Å². The van der Waals surface area contributed by atoms with Crippen molar-refractivity contribution >= 4 is 18.3 Å². The van der Waals surface area contributed by atoms with E-state index < -0.39 is 0 Å². The lowest BCUT2D eigenvalue weighted by Gasteiger charge is -2.27. The molecule has 0 unspecified atom stereocenters. The van der Waals surface area contributed by atoms with E-state index in [1.54, 1.807) is 0 Å². The van der Waals surface area contributed by atoms with Gasteiger partial charge in [0, 0.05) is 43.7 Å². The van der Waals surface area contributed by atoms with Crippen molar-refractivity contribution < 1.29 is 9.32 Å². The van der Waals surface area contributed by atoms with E-state index in [-0.39, 0.29) is 23.7 Å². The maximum Gasteiger partial charge on any atom is 0.253 e. The smallest absolute Gasteiger partial charge is 0.253 e. The van der Waals surface area contributed by atoms with Gasteiger partial charge >= 0.3 is 0 Å². The van der Waals surface area contributed by atoms with Crippen molar-refractivity contribution in [2.45, 2.75) is 27.2 Å². The summed E-state index contributed by atoms with van der Waals surface area (Å²) in [4.78, 5) is 18.9. The molecule has 1 aliphatic rings. The molecule has 1 aromatic carbocycles. The lowest BCUT2D eigenvalue weighted by atomic mass is 9.92. The van der Waals surface area contributed by atoms with Crippen LogP contribution in [0.3, 0.4) is 0 Å².